The lowest BCUT2D eigenvalue weighted by molar-refractivity contribution is -0.138. The molecule has 4 rings (SSSR count). The number of aryl methyl sites for hydroxylation is 1. The molecular formula is C38H51N7O7. The summed E-state index contributed by atoms with van der Waals surface area (Å²) in [6, 6.07) is 10.5. The Hall–Kier alpha value is -5.27. The zero-order valence-corrected chi connectivity index (χ0v) is 30.8. The molecule has 1 saturated heterocycles. The number of carbonyl (C=O) groups is 5. The summed E-state index contributed by atoms with van der Waals surface area (Å²) in [6.07, 6.45) is 2.17. The Bertz CT molecular complexity index is 1790. The summed E-state index contributed by atoms with van der Waals surface area (Å²) in [5.74, 6) is -2.02. The molecule has 4 atom stereocenters. The number of hydrogen-bond acceptors (Lipinski definition) is 8. The fraction of sp³-hybridized carbons (Fsp3) is 0.500. The number of amides is 5. The number of carbonyl (C=O) groups excluding carboxylic acids is 5. The van der Waals surface area contributed by atoms with E-state index in [1.165, 1.54) is 15.8 Å². The van der Waals surface area contributed by atoms with Crippen molar-refractivity contribution in [1.82, 2.24) is 35.7 Å². The highest BCUT2D eigenvalue weighted by Gasteiger charge is 2.32. The number of rotatable bonds is 10. The second-order valence-corrected chi connectivity index (χ2v) is 14.1. The Labute approximate surface area is 304 Å². The first-order valence-corrected chi connectivity index (χ1v) is 17.8. The molecule has 1 aliphatic rings. The normalized spacial score (nSPS) is 20.8. The van der Waals surface area contributed by atoms with Crippen LogP contribution in [0.2, 0.25) is 0 Å². The van der Waals surface area contributed by atoms with Crippen LogP contribution in [-0.2, 0) is 36.9 Å². The maximum absolute atomic E-state index is 13.7. The van der Waals surface area contributed by atoms with E-state index < -0.39 is 47.8 Å². The minimum atomic E-state index is -1.06. The first kappa shape index (κ1) is 39.5. The molecule has 0 radical (unpaired) electrons. The average Bonchev–Trinajstić information content (AvgIpc) is 3.11. The molecule has 1 aliphatic heterocycles. The predicted molar refractivity (Wildman–Crippen MR) is 196 cm³/mol. The molecule has 1 aromatic heterocycles. The second-order valence-electron chi connectivity index (χ2n) is 14.1. The highest BCUT2D eigenvalue weighted by Crippen LogP contribution is 2.15. The predicted octanol–water partition coefficient (Wildman–Crippen LogP) is 1.93. The van der Waals surface area contributed by atoms with Crippen LogP contribution in [0.3, 0.4) is 0 Å². The molecule has 14 nitrogen and oxygen atoms in total. The SMILES string of the molecule is COc1ccc(C[C@@H]2NC(=O)[C@H](CC(C)C)NC(=O)CN(C(=O)CCCn3cnc4ccccc4c3=O)C[C@H](C(C)C)NC(=O)[C@@H](C)NC2=O)cc1. The van der Waals surface area contributed by atoms with E-state index in [9.17, 15) is 28.8 Å². The zero-order chi connectivity index (χ0) is 37.9. The van der Waals surface area contributed by atoms with E-state index in [2.05, 4.69) is 26.3 Å². The Kier molecular flexibility index (Phi) is 13.9. The summed E-state index contributed by atoms with van der Waals surface area (Å²) in [4.78, 5) is 86.9. The molecule has 0 bridgehead atoms. The Morgan fingerprint density at radius 2 is 1.58 bits per heavy atom. The fourth-order valence-electron chi connectivity index (χ4n) is 6.02. The van der Waals surface area contributed by atoms with Crippen LogP contribution < -0.4 is 31.6 Å². The van der Waals surface area contributed by atoms with Crippen molar-refractivity contribution in [1.29, 1.82) is 0 Å². The Balaban J connectivity index is 1.57. The first-order valence-electron chi connectivity index (χ1n) is 17.8. The lowest BCUT2D eigenvalue weighted by atomic mass is 10.0. The van der Waals surface area contributed by atoms with E-state index in [4.69, 9.17) is 4.74 Å². The number of nitrogens with zero attached hydrogens (tertiary/aromatic N) is 3. The van der Waals surface area contributed by atoms with Crippen molar-refractivity contribution in [2.45, 2.75) is 91.0 Å². The minimum absolute atomic E-state index is 0.00454. The van der Waals surface area contributed by atoms with Crippen LogP contribution in [0.5, 0.6) is 5.75 Å². The lowest BCUT2D eigenvalue weighted by Crippen LogP contribution is -2.57. The minimum Gasteiger partial charge on any atom is -0.497 e. The van der Waals surface area contributed by atoms with Gasteiger partial charge in [-0.25, -0.2) is 4.98 Å². The summed E-state index contributed by atoms with van der Waals surface area (Å²) in [7, 11) is 1.55. The summed E-state index contributed by atoms with van der Waals surface area (Å²) >= 11 is 0. The summed E-state index contributed by atoms with van der Waals surface area (Å²) in [6.45, 7) is 9.03. The van der Waals surface area contributed by atoms with Crippen LogP contribution in [0.15, 0.2) is 59.7 Å². The second kappa shape index (κ2) is 18.3. The van der Waals surface area contributed by atoms with Crippen LogP contribution >= 0.6 is 0 Å². The van der Waals surface area contributed by atoms with E-state index in [1.807, 2.05) is 27.7 Å². The molecule has 2 aromatic carbocycles. The molecule has 1 fully saturated rings. The molecule has 3 aromatic rings. The quantitative estimate of drug-likeness (QED) is 0.246. The lowest BCUT2D eigenvalue weighted by Gasteiger charge is -2.31. The monoisotopic (exact) mass is 717 g/mol. The Morgan fingerprint density at radius 1 is 0.885 bits per heavy atom. The van der Waals surface area contributed by atoms with Gasteiger partial charge in [0.1, 0.15) is 23.9 Å². The van der Waals surface area contributed by atoms with Gasteiger partial charge in [-0.05, 0) is 61.4 Å². The van der Waals surface area contributed by atoms with Gasteiger partial charge in [-0.15, -0.1) is 0 Å². The van der Waals surface area contributed by atoms with Crippen LogP contribution in [0.4, 0.5) is 0 Å². The average molecular weight is 718 g/mol. The third-order valence-corrected chi connectivity index (χ3v) is 9.10. The van der Waals surface area contributed by atoms with Gasteiger partial charge in [-0.1, -0.05) is 52.0 Å². The van der Waals surface area contributed by atoms with Gasteiger partial charge in [0.05, 0.1) is 30.9 Å². The van der Waals surface area contributed by atoms with E-state index in [-0.39, 0.29) is 62.2 Å². The molecule has 0 saturated carbocycles. The number of nitrogens with one attached hydrogen (secondary N) is 4. The maximum atomic E-state index is 13.7. The van der Waals surface area contributed by atoms with Gasteiger partial charge in [0, 0.05) is 32.0 Å². The number of methoxy groups -OCH3 is 1. The molecule has 280 valence electrons. The van der Waals surface area contributed by atoms with Crippen LogP contribution in [0, 0.1) is 11.8 Å². The van der Waals surface area contributed by atoms with Gasteiger partial charge in [-0.2, -0.15) is 0 Å². The number of benzene rings is 2. The maximum Gasteiger partial charge on any atom is 0.261 e. The highest BCUT2D eigenvalue weighted by atomic mass is 16.5. The van der Waals surface area contributed by atoms with Gasteiger partial charge < -0.3 is 30.9 Å². The van der Waals surface area contributed by atoms with Crippen LogP contribution in [0.1, 0.15) is 59.4 Å². The molecule has 0 aliphatic carbocycles. The molecule has 0 unspecified atom stereocenters. The largest absolute Gasteiger partial charge is 0.497 e. The number of aromatic nitrogens is 2. The summed E-state index contributed by atoms with van der Waals surface area (Å²) in [5, 5.41) is 11.8. The molecular weight excluding hydrogens is 666 g/mol. The van der Waals surface area contributed by atoms with Gasteiger partial charge in [-0.3, -0.25) is 33.3 Å². The van der Waals surface area contributed by atoms with Gasteiger partial charge in [0.2, 0.25) is 29.5 Å². The van der Waals surface area contributed by atoms with Gasteiger partial charge in [0.15, 0.2) is 0 Å². The number of hydrogen-bond donors (Lipinski definition) is 4. The van der Waals surface area contributed by atoms with Crippen LogP contribution in [-0.4, -0.2) is 88.4 Å². The first-order chi connectivity index (χ1) is 24.7. The van der Waals surface area contributed by atoms with Crippen molar-refractivity contribution in [2.24, 2.45) is 11.8 Å². The molecule has 5 amide bonds. The van der Waals surface area contributed by atoms with Crippen molar-refractivity contribution in [3.05, 3.63) is 70.8 Å². The van der Waals surface area contributed by atoms with E-state index >= 15 is 0 Å². The third kappa shape index (κ3) is 10.9. The van der Waals surface area contributed by atoms with Crippen molar-refractivity contribution < 1.29 is 28.7 Å². The summed E-state index contributed by atoms with van der Waals surface area (Å²) < 4.78 is 6.70. The number of ether oxygens (including phenoxy) is 1. The molecule has 0 spiro atoms. The van der Waals surface area contributed by atoms with Gasteiger partial charge in [0.25, 0.3) is 5.56 Å². The Morgan fingerprint density at radius 3 is 2.25 bits per heavy atom. The van der Waals surface area contributed by atoms with E-state index in [0.717, 1.165) is 5.56 Å². The molecule has 2 heterocycles. The highest BCUT2D eigenvalue weighted by molar-refractivity contribution is 5.95. The third-order valence-electron chi connectivity index (χ3n) is 9.10. The summed E-state index contributed by atoms with van der Waals surface area (Å²) in [5.41, 5.74) is 1.12. The van der Waals surface area contributed by atoms with Crippen molar-refractivity contribution >= 4 is 40.4 Å². The molecule has 4 N–H and O–H groups in total. The zero-order valence-electron chi connectivity index (χ0n) is 30.8. The smallest absolute Gasteiger partial charge is 0.261 e. The van der Waals surface area contributed by atoms with E-state index in [0.29, 0.717) is 23.1 Å². The topological polar surface area (TPSA) is 181 Å². The fourth-order valence-corrected chi connectivity index (χ4v) is 6.02. The standard InChI is InChI=1S/C38H51N7O7/c1-23(2)18-30-37(50)42-31(19-26-13-15-27(52-6)16-14-26)36(49)40-25(5)35(48)43-32(24(3)4)20-45(21-33(46)41-30)34(47)12-9-17-44-22-39-29-11-8-7-10-28(29)38(44)51/h7-8,10-11,13-16,22-25,30-32H,9,12,17-21H2,1-6H3,(H,40,49)(H,41,46)(H,42,50)(H,43,48)/t25-,30+,31+,32-/m1/s1. The van der Waals surface area contributed by atoms with Gasteiger partial charge >= 0.3 is 0 Å². The molecule has 52 heavy (non-hydrogen) atoms. The number of fused-ring (bicyclic) bond motifs is 1. The number of para-hydroxylation sites is 1. The van der Waals surface area contributed by atoms with Crippen molar-refractivity contribution in [2.75, 3.05) is 20.2 Å². The van der Waals surface area contributed by atoms with E-state index in [1.54, 1.807) is 62.6 Å². The van der Waals surface area contributed by atoms with Crippen molar-refractivity contribution in [3.63, 3.8) is 0 Å². The van der Waals surface area contributed by atoms with Crippen LogP contribution in [0.25, 0.3) is 10.9 Å². The van der Waals surface area contributed by atoms with Crippen molar-refractivity contribution in [3.8, 4) is 5.75 Å². The molecule has 14 heteroatoms.